The summed E-state index contributed by atoms with van der Waals surface area (Å²) in [5.41, 5.74) is 7.03. The van der Waals surface area contributed by atoms with E-state index in [1.807, 2.05) is 4.90 Å². The number of fused-ring (bicyclic) bond motifs is 1. The van der Waals surface area contributed by atoms with E-state index in [1.54, 1.807) is 17.0 Å². The van der Waals surface area contributed by atoms with Crippen LogP contribution in [0.2, 0.25) is 0 Å². The van der Waals surface area contributed by atoms with E-state index in [-0.39, 0.29) is 17.2 Å². The number of nitrogens with two attached hydrogens (primary N) is 1. The molecular formula is C22H22F3N5O4. The van der Waals surface area contributed by atoms with E-state index in [4.69, 9.17) is 15.2 Å². The number of methoxy groups -OCH3 is 2. The second-order valence-electron chi connectivity index (χ2n) is 7.48. The summed E-state index contributed by atoms with van der Waals surface area (Å²) >= 11 is 0. The minimum atomic E-state index is -4.78. The van der Waals surface area contributed by atoms with Crippen molar-refractivity contribution in [3.8, 4) is 17.2 Å². The molecule has 3 aromatic rings. The second-order valence-corrected chi connectivity index (χ2v) is 7.48. The van der Waals surface area contributed by atoms with Crippen LogP contribution in [-0.4, -0.2) is 67.5 Å². The average Bonchev–Trinajstić information content (AvgIpc) is 2.82. The number of nitrogen functional groups attached to an aromatic ring is 1. The van der Waals surface area contributed by atoms with Crippen LogP contribution in [0, 0.1) is 0 Å². The van der Waals surface area contributed by atoms with Gasteiger partial charge in [0.25, 0.3) is 5.91 Å². The molecule has 4 rings (SSSR count). The molecule has 0 bridgehead atoms. The van der Waals surface area contributed by atoms with Crippen LogP contribution in [-0.2, 0) is 0 Å². The molecule has 34 heavy (non-hydrogen) atoms. The zero-order chi connectivity index (χ0) is 24.5. The molecular weight excluding hydrogens is 455 g/mol. The molecule has 1 amide bonds. The van der Waals surface area contributed by atoms with Crippen LogP contribution in [0.4, 0.5) is 24.9 Å². The average molecular weight is 477 g/mol. The van der Waals surface area contributed by atoms with Crippen LogP contribution in [0.15, 0.2) is 36.4 Å². The molecule has 0 atom stereocenters. The molecule has 1 fully saturated rings. The first-order chi connectivity index (χ1) is 16.2. The summed E-state index contributed by atoms with van der Waals surface area (Å²) < 4.78 is 51.4. The number of amides is 1. The summed E-state index contributed by atoms with van der Waals surface area (Å²) in [6.45, 7) is 1.68. The molecule has 0 spiro atoms. The summed E-state index contributed by atoms with van der Waals surface area (Å²) in [4.78, 5) is 25.3. The Bertz CT molecular complexity index is 1200. The first-order valence-electron chi connectivity index (χ1n) is 10.3. The number of benzene rings is 2. The highest BCUT2D eigenvalue weighted by Gasteiger charge is 2.31. The summed E-state index contributed by atoms with van der Waals surface area (Å²) in [6, 6.07) is 8.30. The number of ether oxygens (including phenoxy) is 3. The first kappa shape index (κ1) is 23.2. The number of carbonyl (C=O) groups is 1. The molecule has 0 unspecified atom stereocenters. The van der Waals surface area contributed by atoms with Gasteiger partial charge in [-0.05, 0) is 30.3 Å². The maximum absolute atomic E-state index is 12.8. The predicted octanol–water partition coefficient (Wildman–Crippen LogP) is 3.09. The van der Waals surface area contributed by atoms with Crippen molar-refractivity contribution in [3.63, 3.8) is 0 Å². The number of aromatic nitrogens is 2. The van der Waals surface area contributed by atoms with E-state index in [2.05, 4.69) is 14.7 Å². The molecule has 9 nitrogen and oxygen atoms in total. The molecule has 2 heterocycles. The van der Waals surface area contributed by atoms with Gasteiger partial charge in [-0.15, -0.1) is 13.2 Å². The Hall–Kier alpha value is -3.96. The largest absolute Gasteiger partial charge is 0.573 e. The van der Waals surface area contributed by atoms with Gasteiger partial charge in [0.1, 0.15) is 11.6 Å². The molecule has 1 aromatic heterocycles. The van der Waals surface area contributed by atoms with Gasteiger partial charge in [-0.1, -0.05) is 0 Å². The van der Waals surface area contributed by atoms with Gasteiger partial charge in [-0.2, -0.15) is 4.98 Å². The van der Waals surface area contributed by atoms with Crippen LogP contribution >= 0.6 is 0 Å². The fourth-order valence-corrected chi connectivity index (χ4v) is 3.70. The number of carbonyl (C=O) groups excluding carboxylic acids is 1. The number of nitrogens with zero attached hydrogens (tertiary/aromatic N) is 4. The van der Waals surface area contributed by atoms with Crippen molar-refractivity contribution in [1.29, 1.82) is 0 Å². The van der Waals surface area contributed by atoms with Crippen LogP contribution in [0.1, 0.15) is 10.4 Å². The molecule has 1 saturated heterocycles. The lowest BCUT2D eigenvalue weighted by Gasteiger charge is -2.35. The van der Waals surface area contributed by atoms with Gasteiger partial charge in [0, 0.05) is 43.2 Å². The molecule has 0 radical (unpaired) electrons. The molecule has 1 aliphatic rings. The molecule has 0 saturated carbocycles. The predicted molar refractivity (Wildman–Crippen MR) is 118 cm³/mol. The van der Waals surface area contributed by atoms with E-state index in [1.165, 1.54) is 26.4 Å². The lowest BCUT2D eigenvalue weighted by Crippen LogP contribution is -2.49. The quantitative estimate of drug-likeness (QED) is 0.598. The molecule has 1 aliphatic heterocycles. The SMILES string of the molecule is COc1cc2nc(N3CCN(C(=O)c4ccc(OC(F)(F)F)cc4)CC3)nc(N)c2cc1OC. The Morgan fingerprint density at radius 3 is 2.18 bits per heavy atom. The third-order valence-corrected chi connectivity index (χ3v) is 5.40. The monoisotopic (exact) mass is 477 g/mol. The van der Waals surface area contributed by atoms with Crippen molar-refractivity contribution >= 4 is 28.6 Å². The Morgan fingerprint density at radius 1 is 0.971 bits per heavy atom. The molecule has 2 aromatic carbocycles. The molecule has 180 valence electrons. The Morgan fingerprint density at radius 2 is 1.59 bits per heavy atom. The summed E-state index contributed by atoms with van der Waals surface area (Å²) in [5, 5.41) is 0.633. The lowest BCUT2D eigenvalue weighted by atomic mass is 10.1. The zero-order valence-electron chi connectivity index (χ0n) is 18.4. The van der Waals surface area contributed by atoms with Crippen molar-refractivity contribution in [1.82, 2.24) is 14.9 Å². The summed E-state index contributed by atoms with van der Waals surface area (Å²) in [6.07, 6.45) is -4.78. The third-order valence-electron chi connectivity index (χ3n) is 5.40. The van der Waals surface area contributed by atoms with Gasteiger partial charge in [0.2, 0.25) is 5.95 Å². The van der Waals surface area contributed by atoms with Crippen molar-refractivity contribution in [2.45, 2.75) is 6.36 Å². The maximum Gasteiger partial charge on any atom is 0.573 e. The number of hydrogen-bond donors (Lipinski definition) is 1. The van der Waals surface area contributed by atoms with Crippen LogP contribution in [0.25, 0.3) is 10.9 Å². The number of hydrogen-bond acceptors (Lipinski definition) is 8. The minimum absolute atomic E-state index is 0.273. The van der Waals surface area contributed by atoms with Crippen LogP contribution in [0.3, 0.4) is 0 Å². The fraction of sp³-hybridized carbons (Fsp3) is 0.318. The number of alkyl halides is 3. The standard InChI is InChI=1S/C22H22F3N5O4/c1-32-17-11-15-16(12-18(17)33-2)27-21(28-19(15)26)30-9-7-29(8-10-30)20(31)13-3-5-14(6-4-13)34-22(23,24)25/h3-6,11-12H,7-10H2,1-2H3,(H2,26,27,28). The number of rotatable bonds is 5. The van der Waals surface area contributed by atoms with E-state index < -0.39 is 6.36 Å². The van der Waals surface area contributed by atoms with Gasteiger partial charge in [-0.3, -0.25) is 4.79 Å². The lowest BCUT2D eigenvalue weighted by molar-refractivity contribution is -0.274. The summed E-state index contributed by atoms with van der Waals surface area (Å²) in [7, 11) is 3.06. The number of halogens is 3. The topological polar surface area (TPSA) is 103 Å². The first-order valence-corrected chi connectivity index (χ1v) is 10.3. The van der Waals surface area contributed by atoms with E-state index >= 15 is 0 Å². The number of anilines is 2. The van der Waals surface area contributed by atoms with Crippen LogP contribution in [0.5, 0.6) is 17.2 Å². The van der Waals surface area contributed by atoms with Crippen LogP contribution < -0.4 is 24.8 Å². The van der Waals surface area contributed by atoms with Gasteiger partial charge >= 0.3 is 6.36 Å². The Kier molecular flexibility index (Phi) is 6.22. The van der Waals surface area contributed by atoms with Gasteiger partial charge in [-0.25, -0.2) is 4.98 Å². The van der Waals surface area contributed by atoms with Gasteiger partial charge < -0.3 is 29.7 Å². The fourth-order valence-electron chi connectivity index (χ4n) is 3.70. The van der Waals surface area contributed by atoms with E-state index in [0.717, 1.165) is 12.1 Å². The molecule has 12 heteroatoms. The molecule has 2 N–H and O–H groups in total. The van der Waals surface area contributed by atoms with Crippen molar-refractivity contribution in [2.24, 2.45) is 0 Å². The van der Waals surface area contributed by atoms with E-state index in [9.17, 15) is 18.0 Å². The van der Waals surface area contributed by atoms with Crippen molar-refractivity contribution in [3.05, 3.63) is 42.0 Å². The summed E-state index contributed by atoms with van der Waals surface area (Å²) in [5.74, 6) is 1.09. The minimum Gasteiger partial charge on any atom is -0.493 e. The normalized spacial score (nSPS) is 14.3. The maximum atomic E-state index is 12.8. The van der Waals surface area contributed by atoms with Gasteiger partial charge in [0.05, 0.1) is 19.7 Å². The van der Waals surface area contributed by atoms with Crippen molar-refractivity contribution in [2.75, 3.05) is 51.0 Å². The highest BCUT2D eigenvalue weighted by atomic mass is 19.4. The smallest absolute Gasteiger partial charge is 0.493 e. The molecule has 0 aliphatic carbocycles. The Balaban J connectivity index is 1.45. The second kappa shape index (κ2) is 9.12. The highest BCUT2D eigenvalue weighted by Crippen LogP contribution is 2.34. The third kappa shape index (κ3) is 4.85. The highest BCUT2D eigenvalue weighted by molar-refractivity contribution is 5.94. The Labute approximate surface area is 192 Å². The zero-order valence-corrected chi connectivity index (χ0v) is 18.4. The van der Waals surface area contributed by atoms with Gasteiger partial charge in [0.15, 0.2) is 11.5 Å². The number of piperazine rings is 1. The van der Waals surface area contributed by atoms with E-state index in [0.29, 0.717) is 60.3 Å². The van der Waals surface area contributed by atoms with Crippen molar-refractivity contribution < 1.29 is 32.2 Å².